The highest BCUT2D eigenvalue weighted by Gasteiger charge is 2.80. The zero-order valence-corrected chi connectivity index (χ0v) is 33.6. The molecule has 0 unspecified atom stereocenters. The number of esters is 3. The fraction of sp³-hybridized carbons (Fsp3) is 0.500. The van der Waals surface area contributed by atoms with E-state index in [2.05, 4.69) is 6.92 Å². The van der Waals surface area contributed by atoms with E-state index in [0.29, 0.717) is 41.7 Å². The standard InChI is InChI=1S/C48H52O10/c1-29-47(53)39(57-48(29)40(56-43(52)32-18-12-7-13-19-32)27-44(2,58-48)28-54-41(50)30-14-8-5-9-15-30)26-37-35-21-20-33-24-34(49)22-23-45(33,3)36(35)25-38(46(37,47)4)55-42(51)31-16-10-6-11-17-31/h5-19,26,29,33,35-36,38-40,53H,20-25,27-28H2,1-4H3/t29-,33-,35+,36-,38+,39-,40+,44+,45-,46+,47+,48-/m0/s1. The van der Waals surface area contributed by atoms with E-state index in [1.54, 1.807) is 79.7 Å². The predicted molar refractivity (Wildman–Crippen MR) is 211 cm³/mol. The highest BCUT2D eigenvalue weighted by Crippen LogP contribution is 2.72. The van der Waals surface area contributed by atoms with Crippen LogP contribution in [-0.4, -0.2) is 70.7 Å². The van der Waals surface area contributed by atoms with Gasteiger partial charge in [0.2, 0.25) is 5.79 Å². The molecule has 0 radical (unpaired) electrons. The average Bonchev–Trinajstić information content (AvgIpc) is 3.74. The summed E-state index contributed by atoms with van der Waals surface area (Å²) in [5, 5.41) is 13.6. The lowest BCUT2D eigenvalue weighted by Crippen LogP contribution is -2.65. The molecule has 58 heavy (non-hydrogen) atoms. The first-order valence-electron chi connectivity index (χ1n) is 20.8. The van der Waals surface area contributed by atoms with Crippen molar-refractivity contribution in [2.75, 3.05) is 6.61 Å². The van der Waals surface area contributed by atoms with Crippen LogP contribution in [0.2, 0.25) is 0 Å². The summed E-state index contributed by atoms with van der Waals surface area (Å²) in [6, 6.07) is 26.2. The van der Waals surface area contributed by atoms with Crippen molar-refractivity contribution in [2.24, 2.45) is 34.5 Å². The number of fused-ring (bicyclic) bond motifs is 7. The summed E-state index contributed by atoms with van der Waals surface area (Å²) in [5.74, 6) is -3.33. The maximum absolute atomic E-state index is 14.0. The summed E-state index contributed by atoms with van der Waals surface area (Å²) in [6.07, 6.45) is 3.60. The second kappa shape index (κ2) is 14.0. The van der Waals surface area contributed by atoms with Crippen molar-refractivity contribution in [3.8, 4) is 0 Å². The summed E-state index contributed by atoms with van der Waals surface area (Å²) in [6.45, 7) is 7.80. The van der Waals surface area contributed by atoms with E-state index in [1.807, 2.05) is 38.1 Å². The van der Waals surface area contributed by atoms with Gasteiger partial charge < -0.3 is 28.8 Å². The average molecular weight is 789 g/mol. The van der Waals surface area contributed by atoms with Crippen molar-refractivity contribution in [3.05, 3.63) is 119 Å². The normalized spacial score (nSPS) is 39.8. The fourth-order valence-electron chi connectivity index (χ4n) is 12.1. The number of hydrogen-bond acceptors (Lipinski definition) is 10. The van der Waals surface area contributed by atoms with Gasteiger partial charge in [0.25, 0.3) is 0 Å². The topological polar surface area (TPSA) is 135 Å². The molecule has 4 aliphatic carbocycles. The summed E-state index contributed by atoms with van der Waals surface area (Å²) < 4.78 is 32.8. The van der Waals surface area contributed by atoms with Gasteiger partial charge in [0.1, 0.15) is 35.8 Å². The number of hydrogen-bond donors (Lipinski definition) is 1. The Morgan fingerprint density at radius 3 is 1.97 bits per heavy atom. The van der Waals surface area contributed by atoms with E-state index in [1.165, 1.54) is 0 Å². The molecule has 5 fully saturated rings. The molecule has 0 aromatic heterocycles. The van der Waals surface area contributed by atoms with E-state index in [9.17, 15) is 24.3 Å². The Morgan fingerprint density at radius 1 is 0.793 bits per heavy atom. The Labute approximate surface area is 339 Å². The van der Waals surface area contributed by atoms with Crippen LogP contribution in [0, 0.1) is 34.5 Å². The van der Waals surface area contributed by atoms with Crippen LogP contribution >= 0.6 is 0 Å². The molecule has 12 atom stereocenters. The number of carbonyl (C=O) groups excluding carboxylic acids is 4. The van der Waals surface area contributed by atoms with Gasteiger partial charge in [-0.2, -0.15) is 0 Å². The summed E-state index contributed by atoms with van der Waals surface area (Å²) in [4.78, 5) is 53.7. The molecule has 9 rings (SSSR count). The summed E-state index contributed by atoms with van der Waals surface area (Å²) in [5.41, 5.74) is -1.97. The molecule has 2 aliphatic heterocycles. The van der Waals surface area contributed by atoms with Gasteiger partial charge in [-0.05, 0) is 99.1 Å². The third-order valence-corrected chi connectivity index (χ3v) is 15.3. The number of ketones is 1. The van der Waals surface area contributed by atoms with Gasteiger partial charge in [-0.25, -0.2) is 14.4 Å². The largest absolute Gasteiger partial charge is 0.459 e. The Kier molecular flexibility index (Phi) is 9.37. The molecule has 3 saturated carbocycles. The highest BCUT2D eigenvalue weighted by atomic mass is 16.8. The van der Waals surface area contributed by atoms with Crippen molar-refractivity contribution >= 4 is 23.7 Å². The molecule has 10 nitrogen and oxygen atoms in total. The maximum atomic E-state index is 14.0. The van der Waals surface area contributed by atoms with Gasteiger partial charge in [-0.3, -0.25) is 4.79 Å². The second-order valence-electron chi connectivity index (χ2n) is 18.3. The van der Waals surface area contributed by atoms with Crippen molar-refractivity contribution < 1.29 is 48.0 Å². The zero-order valence-electron chi connectivity index (χ0n) is 33.6. The number of ether oxygens (including phenoxy) is 5. The van der Waals surface area contributed by atoms with Crippen molar-refractivity contribution in [1.29, 1.82) is 0 Å². The third kappa shape index (κ3) is 5.84. The van der Waals surface area contributed by atoms with Crippen molar-refractivity contribution in [1.82, 2.24) is 0 Å². The highest BCUT2D eigenvalue weighted by molar-refractivity contribution is 5.90. The number of rotatable bonds is 7. The first-order chi connectivity index (χ1) is 27.7. The van der Waals surface area contributed by atoms with Gasteiger partial charge in [0.15, 0.2) is 6.10 Å². The number of carbonyl (C=O) groups is 4. The van der Waals surface area contributed by atoms with Crippen LogP contribution in [0.3, 0.4) is 0 Å². The second-order valence-corrected chi connectivity index (χ2v) is 18.3. The monoisotopic (exact) mass is 788 g/mol. The predicted octanol–water partition coefficient (Wildman–Crippen LogP) is 7.69. The molecule has 3 aromatic rings. The van der Waals surface area contributed by atoms with Crippen LogP contribution in [0.1, 0.15) is 104 Å². The van der Waals surface area contributed by atoms with Gasteiger partial charge >= 0.3 is 17.9 Å². The first-order valence-corrected chi connectivity index (χ1v) is 20.8. The Bertz CT molecular complexity index is 2140. The lowest BCUT2D eigenvalue weighted by atomic mass is 9.44. The van der Waals surface area contributed by atoms with Gasteiger partial charge in [0.05, 0.1) is 22.1 Å². The van der Waals surface area contributed by atoms with Crippen LogP contribution in [0.15, 0.2) is 103 Å². The zero-order chi connectivity index (χ0) is 40.7. The molecule has 304 valence electrons. The smallest absolute Gasteiger partial charge is 0.338 e. The SMILES string of the molecule is C[C@@H]1[C@]2(O[C@H]3C=C4[C@@H]5CC[C@H]6CC(=O)CC[C@]6(C)[C@H]5C[C@@H](OC(=O)c5ccccc5)[C@]4(C)[C@]31O)O[C@@](C)(COC(=O)c1ccccc1)C[C@H]2OC(=O)c1ccccc1. The Balaban J connectivity index is 1.10. The minimum Gasteiger partial charge on any atom is -0.459 e. The maximum Gasteiger partial charge on any atom is 0.338 e. The molecule has 2 heterocycles. The lowest BCUT2D eigenvalue weighted by molar-refractivity contribution is -0.279. The van der Waals surface area contributed by atoms with Crippen LogP contribution in [0.25, 0.3) is 0 Å². The van der Waals surface area contributed by atoms with E-state index >= 15 is 0 Å². The quantitative estimate of drug-likeness (QED) is 0.144. The molecule has 1 spiro atoms. The minimum atomic E-state index is -1.68. The van der Waals surface area contributed by atoms with Gasteiger partial charge in [-0.1, -0.05) is 80.1 Å². The molecular formula is C48H52O10. The van der Waals surface area contributed by atoms with E-state index < -0.39 is 64.5 Å². The summed E-state index contributed by atoms with van der Waals surface area (Å²) >= 11 is 0. The molecule has 1 N–H and O–H groups in total. The Hall–Kier alpha value is -4.64. The minimum absolute atomic E-state index is 0.0753. The van der Waals surface area contributed by atoms with Gasteiger partial charge in [-0.15, -0.1) is 0 Å². The molecule has 6 aliphatic rings. The van der Waals surface area contributed by atoms with Crippen LogP contribution in [0.5, 0.6) is 0 Å². The molecular weight excluding hydrogens is 737 g/mol. The van der Waals surface area contributed by atoms with Crippen molar-refractivity contribution in [2.45, 2.75) is 108 Å². The number of aliphatic hydroxyl groups is 1. The lowest BCUT2D eigenvalue weighted by Gasteiger charge is -2.61. The number of Topliss-reactive ketones (excluding diaryl/α,β-unsaturated/α-hetero) is 1. The Morgan fingerprint density at radius 2 is 1.36 bits per heavy atom. The molecule has 0 bridgehead atoms. The molecule has 2 saturated heterocycles. The fourth-order valence-corrected chi connectivity index (χ4v) is 12.1. The van der Waals surface area contributed by atoms with Crippen molar-refractivity contribution in [3.63, 3.8) is 0 Å². The first kappa shape index (κ1) is 38.9. The summed E-state index contributed by atoms with van der Waals surface area (Å²) in [7, 11) is 0. The molecule has 0 amide bonds. The van der Waals surface area contributed by atoms with Crippen LogP contribution in [0.4, 0.5) is 0 Å². The molecule has 10 heteroatoms. The van der Waals surface area contributed by atoms with Gasteiger partial charge in [0, 0.05) is 25.2 Å². The third-order valence-electron chi connectivity index (χ3n) is 15.3. The number of benzene rings is 3. The molecule has 3 aromatic carbocycles. The van der Waals surface area contributed by atoms with E-state index in [0.717, 1.165) is 24.8 Å². The van der Waals surface area contributed by atoms with E-state index in [-0.39, 0.29) is 36.2 Å². The van der Waals surface area contributed by atoms with Crippen LogP contribution < -0.4 is 0 Å². The van der Waals surface area contributed by atoms with E-state index in [4.69, 9.17) is 23.7 Å². The van der Waals surface area contributed by atoms with Crippen LogP contribution in [-0.2, 0) is 28.5 Å².